The van der Waals surface area contributed by atoms with Gasteiger partial charge in [-0.2, -0.15) is 0 Å². The van der Waals surface area contributed by atoms with Gasteiger partial charge < -0.3 is 4.98 Å². The van der Waals surface area contributed by atoms with E-state index in [0.717, 1.165) is 0 Å². The number of nitrogens with one attached hydrogen (secondary N) is 1. The maximum atomic E-state index is 11.3. The molecule has 1 aromatic rings. The number of H-pyrrole nitrogens is 1. The lowest BCUT2D eigenvalue weighted by molar-refractivity contribution is 0.890. The quantitative estimate of drug-likeness (QED) is 0.713. The SMILES string of the molecule is CCc1nc(Cl)c(CC)c(=O)[nH]1. The van der Waals surface area contributed by atoms with Gasteiger partial charge in [0.2, 0.25) is 0 Å². The molecule has 0 saturated carbocycles. The van der Waals surface area contributed by atoms with Gasteiger partial charge in [0.25, 0.3) is 5.56 Å². The summed E-state index contributed by atoms with van der Waals surface area (Å²) in [7, 11) is 0. The lowest BCUT2D eigenvalue weighted by Crippen LogP contribution is -2.16. The lowest BCUT2D eigenvalue weighted by atomic mass is 10.2. The van der Waals surface area contributed by atoms with Crippen LogP contribution in [0.15, 0.2) is 4.79 Å². The zero-order valence-electron chi connectivity index (χ0n) is 7.15. The molecule has 1 aromatic heterocycles. The van der Waals surface area contributed by atoms with E-state index in [4.69, 9.17) is 11.6 Å². The first kappa shape index (κ1) is 9.26. The third kappa shape index (κ3) is 1.67. The average Bonchev–Trinajstić information content (AvgIpc) is 2.03. The van der Waals surface area contributed by atoms with E-state index in [-0.39, 0.29) is 5.56 Å². The molecule has 0 atom stereocenters. The van der Waals surface area contributed by atoms with Gasteiger partial charge in [-0.15, -0.1) is 0 Å². The van der Waals surface area contributed by atoms with E-state index in [1.807, 2.05) is 13.8 Å². The number of hydrogen-bond donors (Lipinski definition) is 1. The highest BCUT2D eigenvalue weighted by molar-refractivity contribution is 6.30. The molecule has 0 aliphatic rings. The Morgan fingerprint density at radius 2 is 2.08 bits per heavy atom. The van der Waals surface area contributed by atoms with Crippen LogP contribution in [-0.2, 0) is 12.8 Å². The summed E-state index contributed by atoms with van der Waals surface area (Å²) >= 11 is 5.78. The van der Waals surface area contributed by atoms with Crippen molar-refractivity contribution in [3.8, 4) is 0 Å². The van der Waals surface area contributed by atoms with E-state index in [1.165, 1.54) is 0 Å². The fourth-order valence-corrected chi connectivity index (χ4v) is 1.31. The topological polar surface area (TPSA) is 45.8 Å². The highest BCUT2D eigenvalue weighted by Crippen LogP contribution is 2.08. The van der Waals surface area contributed by atoms with Gasteiger partial charge in [-0.05, 0) is 6.42 Å². The molecule has 1 heterocycles. The maximum absolute atomic E-state index is 11.3. The number of rotatable bonds is 2. The van der Waals surface area contributed by atoms with E-state index in [2.05, 4.69) is 9.97 Å². The Morgan fingerprint density at radius 1 is 1.42 bits per heavy atom. The van der Waals surface area contributed by atoms with Crippen molar-refractivity contribution >= 4 is 11.6 Å². The van der Waals surface area contributed by atoms with E-state index in [0.29, 0.717) is 29.4 Å². The van der Waals surface area contributed by atoms with Crippen LogP contribution in [0.3, 0.4) is 0 Å². The predicted molar refractivity (Wildman–Crippen MR) is 48.6 cm³/mol. The second kappa shape index (κ2) is 3.72. The minimum Gasteiger partial charge on any atom is -0.310 e. The van der Waals surface area contributed by atoms with Gasteiger partial charge in [-0.1, -0.05) is 25.4 Å². The molecule has 0 aromatic carbocycles. The molecule has 0 bridgehead atoms. The van der Waals surface area contributed by atoms with Crippen LogP contribution in [0.25, 0.3) is 0 Å². The molecule has 12 heavy (non-hydrogen) atoms. The molecule has 0 amide bonds. The van der Waals surface area contributed by atoms with E-state index >= 15 is 0 Å². The molecule has 66 valence electrons. The number of nitrogens with zero attached hydrogens (tertiary/aromatic N) is 1. The number of aryl methyl sites for hydroxylation is 1. The first-order valence-corrected chi connectivity index (χ1v) is 4.34. The molecular weight excluding hydrogens is 176 g/mol. The summed E-state index contributed by atoms with van der Waals surface area (Å²) in [5, 5.41) is 0.332. The van der Waals surface area contributed by atoms with Crippen molar-refractivity contribution in [3.05, 3.63) is 26.9 Å². The van der Waals surface area contributed by atoms with E-state index < -0.39 is 0 Å². The number of aromatic amines is 1. The smallest absolute Gasteiger partial charge is 0.255 e. The van der Waals surface area contributed by atoms with Gasteiger partial charge in [0.1, 0.15) is 11.0 Å². The standard InChI is InChI=1S/C8H11ClN2O/c1-3-5-7(9)10-6(4-2)11-8(5)12/h3-4H2,1-2H3,(H,10,11,12). The highest BCUT2D eigenvalue weighted by Gasteiger charge is 2.05. The largest absolute Gasteiger partial charge is 0.310 e. The molecule has 3 nitrogen and oxygen atoms in total. The first-order chi connectivity index (χ1) is 5.69. The molecule has 4 heteroatoms. The van der Waals surface area contributed by atoms with E-state index in [9.17, 15) is 4.79 Å². The Balaban J connectivity index is 3.28. The summed E-state index contributed by atoms with van der Waals surface area (Å²) in [6, 6.07) is 0. The fraction of sp³-hybridized carbons (Fsp3) is 0.500. The third-order valence-corrected chi connectivity index (χ3v) is 2.02. The zero-order chi connectivity index (χ0) is 9.14. The molecule has 0 fully saturated rings. The van der Waals surface area contributed by atoms with Crippen LogP contribution in [0.1, 0.15) is 25.2 Å². The van der Waals surface area contributed by atoms with Gasteiger partial charge in [-0.3, -0.25) is 4.79 Å². The fourth-order valence-electron chi connectivity index (χ4n) is 0.988. The number of hydrogen-bond acceptors (Lipinski definition) is 2. The Morgan fingerprint density at radius 3 is 2.50 bits per heavy atom. The molecule has 0 saturated heterocycles. The van der Waals surface area contributed by atoms with Crippen LogP contribution in [0.4, 0.5) is 0 Å². The molecular formula is C8H11ClN2O. The Labute approximate surface area is 75.8 Å². The molecule has 1 N–H and O–H groups in total. The monoisotopic (exact) mass is 186 g/mol. The molecule has 0 aliphatic carbocycles. The van der Waals surface area contributed by atoms with Gasteiger partial charge in [0, 0.05) is 6.42 Å². The summed E-state index contributed by atoms with van der Waals surface area (Å²) in [6.45, 7) is 3.80. The second-order valence-corrected chi connectivity index (χ2v) is 2.85. The van der Waals surface area contributed by atoms with Crippen molar-refractivity contribution in [3.63, 3.8) is 0 Å². The highest BCUT2D eigenvalue weighted by atomic mass is 35.5. The van der Waals surface area contributed by atoms with Gasteiger partial charge in [0.15, 0.2) is 0 Å². The van der Waals surface area contributed by atoms with Crippen LogP contribution in [0.5, 0.6) is 0 Å². The average molecular weight is 187 g/mol. The van der Waals surface area contributed by atoms with Crippen LogP contribution >= 0.6 is 11.6 Å². The second-order valence-electron chi connectivity index (χ2n) is 2.49. The number of aromatic nitrogens is 2. The van der Waals surface area contributed by atoms with Crippen molar-refractivity contribution in [2.45, 2.75) is 26.7 Å². The van der Waals surface area contributed by atoms with Crippen LogP contribution < -0.4 is 5.56 Å². The van der Waals surface area contributed by atoms with Crippen LogP contribution in [0.2, 0.25) is 5.15 Å². The zero-order valence-corrected chi connectivity index (χ0v) is 7.90. The van der Waals surface area contributed by atoms with Gasteiger partial charge >= 0.3 is 0 Å². The number of halogens is 1. The summed E-state index contributed by atoms with van der Waals surface area (Å²) in [6.07, 6.45) is 1.31. The minimum absolute atomic E-state index is 0.116. The summed E-state index contributed by atoms with van der Waals surface area (Å²) in [5.74, 6) is 0.641. The van der Waals surface area contributed by atoms with Crippen molar-refractivity contribution in [1.29, 1.82) is 0 Å². The molecule has 0 unspecified atom stereocenters. The Bertz CT molecular complexity index is 332. The van der Waals surface area contributed by atoms with Crippen molar-refractivity contribution in [1.82, 2.24) is 9.97 Å². The predicted octanol–water partition coefficient (Wildman–Crippen LogP) is 1.55. The van der Waals surface area contributed by atoms with Crippen LogP contribution in [-0.4, -0.2) is 9.97 Å². The molecule has 0 radical (unpaired) electrons. The summed E-state index contributed by atoms with van der Waals surface area (Å²) in [4.78, 5) is 18.0. The molecule has 1 rings (SSSR count). The molecule has 0 spiro atoms. The van der Waals surface area contributed by atoms with E-state index in [1.54, 1.807) is 0 Å². The maximum Gasteiger partial charge on any atom is 0.255 e. The Kier molecular flexibility index (Phi) is 2.87. The Hall–Kier alpha value is -0.830. The lowest BCUT2D eigenvalue weighted by Gasteiger charge is -2.00. The van der Waals surface area contributed by atoms with Crippen molar-refractivity contribution < 1.29 is 0 Å². The van der Waals surface area contributed by atoms with Crippen molar-refractivity contribution in [2.75, 3.05) is 0 Å². The van der Waals surface area contributed by atoms with Gasteiger partial charge in [0.05, 0.1) is 5.56 Å². The summed E-state index contributed by atoms with van der Waals surface area (Å²) in [5.41, 5.74) is 0.447. The van der Waals surface area contributed by atoms with Gasteiger partial charge in [-0.25, -0.2) is 4.98 Å². The minimum atomic E-state index is -0.116. The van der Waals surface area contributed by atoms with Crippen LogP contribution in [0, 0.1) is 0 Å². The van der Waals surface area contributed by atoms with Crippen molar-refractivity contribution in [2.24, 2.45) is 0 Å². The summed E-state index contributed by atoms with van der Waals surface area (Å²) < 4.78 is 0. The first-order valence-electron chi connectivity index (χ1n) is 3.96. The third-order valence-electron chi connectivity index (χ3n) is 1.70. The molecule has 0 aliphatic heterocycles. The normalized spacial score (nSPS) is 10.2.